The Morgan fingerprint density at radius 3 is 2.83 bits per heavy atom. The Hall–Kier alpha value is -3.22. The second-order valence-corrected chi connectivity index (χ2v) is 4.90. The molecule has 0 saturated carbocycles. The minimum atomic E-state index is -0.594. The van der Waals surface area contributed by atoms with Crippen molar-refractivity contribution in [1.82, 2.24) is 15.3 Å². The molecule has 0 spiro atoms. The van der Waals surface area contributed by atoms with Gasteiger partial charge in [0.05, 0.1) is 37.6 Å². The normalized spacial score (nSPS) is 10.4. The summed E-state index contributed by atoms with van der Waals surface area (Å²) in [6.45, 7) is 0.154. The molecule has 7 heteroatoms. The smallest absolute Gasteiger partial charge is 0.251 e. The fourth-order valence-electron chi connectivity index (χ4n) is 2.21. The second kappa shape index (κ2) is 6.91. The number of nitrogens with zero attached hydrogens (tertiary/aromatic N) is 2. The van der Waals surface area contributed by atoms with Crippen molar-refractivity contribution in [2.75, 3.05) is 7.11 Å². The largest absolute Gasteiger partial charge is 0.494 e. The average molecular weight is 327 g/mol. The molecule has 0 aliphatic heterocycles. The van der Waals surface area contributed by atoms with E-state index in [1.807, 2.05) is 0 Å². The second-order valence-electron chi connectivity index (χ2n) is 4.90. The third-order valence-corrected chi connectivity index (χ3v) is 3.40. The highest BCUT2D eigenvalue weighted by molar-refractivity contribution is 5.94. The van der Waals surface area contributed by atoms with Gasteiger partial charge in [-0.05, 0) is 24.3 Å². The Kier molecular flexibility index (Phi) is 4.51. The van der Waals surface area contributed by atoms with E-state index in [1.165, 1.54) is 31.7 Å². The lowest BCUT2D eigenvalue weighted by Gasteiger charge is -2.09. The Bertz CT molecular complexity index is 850. The van der Waals surface area contributed by atoms with Gasteiger partial charge in [0.1, 0.15) is 0 Å². The lowest BCUT2D eigenvalue weighted by molar-refractivity contribution is 0.0950. The highest BCUT2D eigenvalue weighted by Gasteiger charge is 2.13. The molecule has 3 aromatic rings. The van der Waals surface area contributed by atoms with E-state index in [1.54, 1.807) is 18.5 Å². The zero-order chi connectivity index (χ0) is 16.9. The van der Waals surface area contributed by atoms with Gasteiger partial charge in [0, 0.05) is 23.5 Å². The first-order valence-corrected chi connectivity index (χ1v) is 7.13. The molecule has 0 saturated heterocycles. The van der Waals surface area contributed by atoms with Crippen LogP contribution in [-0.2, 0) is 6.54 Å². The van der Waals surface area contributed by atoms with Crippen molar-refractivity contribution in [3.8, 4) is 17.0 Å². The standard InChI is InChI=1S/C17H14FN3O3/c1-23-15-3-2-11(8-13(15)18)17(22)21-9-14-16(20-6-5-19-14)12-4-7-24-10-12/h2-8,10H,9H2,1H3,(H,21,22). The number of furan rings is 1. The molecule has 0 atom stereocenters. The Morgan fingerprint density at radius 1 is 1.29 bits per heavy atom. The fourth-order valence-corrected chi connectivity index (χ4v) is 2.21. The van der Waals surface area contributed by atoms with Crippen LogP contribution < -0.4 is 10.1 Å². The van der Waals surface area contributed by atoms with Crippen LogP contribution in [0.15, 0.2) is 53.6 Å². The van der Waals surface area contributed by atoms with Gasteiger partial charge in [-0.1, -0.05) is 0 Å². The molecule has 0 fully saturated rings. The van der Waals surface area contributed by atoms with Crippen molar-refractivity contribution in [2.45, 2.75) is 6.54 Å². The third kappa shape index (κ3) is 3.24. The molecule has 24 heavy (non-hydrogen) atoms. The predicted octanol–water partition coefficient (Wildman–Crippen LogP) is 2.81. The molecule has 122 valence electrons. The van der Waals surface area contributed by atoms with Crippen LogP contribution >= 0.6 is 0 Å². The van der Waals surface area contributed by atoms with Crippen LogP contribution in [0.2, 0.25) is 0 Å². The summed E-state index contributed by atoms with van der Waals surface area (Å²) in [5.74, 6) is -0.924. The van der Waals surface area contributed by atoms with E-state index in [4.69, 9.17) is 9.15 Å². The van der Waals surface area contributed by atoms with E-state index in [-0.39, 0.29) is 17.9 Å². The van der Waals surface area contributed by atoms with Crippen LogP contribution in [0, 0.1) is 5.82 Å². The number of methoxy groups -OCH3 is 1. The molecule has 0 bridgehead atoms. The molecule has 0 aliphatic rings. The summed E-state index contributed by atoms with van der Waals surface area (Å²) in [4.78, 5) is 20.7. The number of rotatable bonds is 5. The van der Waals surface area contributed by atoms with E-state index in [0.717, 1.165) is 11.6 Å². The SMILES string of the molecule is COc1ccc(C(=O)NCc2nccnc2-c2ccoc2)cc1F. The molecule has 1 N–H and O–H groups in total. The number of hydrogen-bond donors (Lipinski definition) is 1. The zero-order valence-corrected chi connectivity index (χ0v) is 12.8. The molecule has 3 rings (SSSR count). The molecule has 1 aromatic carbocycles. The number of nitrogens with one attached hydrogen (secondary N) is 1. The molecule has 6 nitrogen and oxygen atoms in total. The molecular formula is C17H14FN3O3. The summed E-state index contributed by atoms with van der Waals surface area (Å²) in [5.41, 5.74) is 2.17. The van der Waals surface area contributed by atoms with Crippen molar-refractivity contribution < 1.29 is 18.3 Å². The first kappa shape index (κ1) is 15.7. The van der Waals surface area contributed by atoms with Gasteiger partial charge in [0.25, 0.3) is 5.91 Å². The number of benzene rings is 1. The van der Waals surface area contributed by atoms with Gasteiger partial charge >= 0.3 is 0 Å². The fraction of sp³-hybridized carbons (Fsp3) is 0.118. The number of hydrogen-bond acceptors (Lipinski definition) is 5. The van der Waals surface area contributed by atoms with E-state index in [0.29, 0.717) is 11.4 Å². The first-order valence-electron chi connectivity index (χ1n) is 7.13. The van der Waals surface area contributed by atoms with Gasteiger partial charge in [0.2, 0.25) is 0 Å². The number of amides is 1. The Balaban J connectivity index is 1.74. The summed E-state index contributed by atoms with van der Waals surface area (Å²) in [5, 5.41) is 2.70. The highest BCUT2D eigenvalue weighted by Crippen LogP contribution is 2.20. The van der Waals surface area contributed by atoms with Crippen LogP contribution in [0.25, 0.3) is 11.3 Å². The number of halogens is 1. The number of carbonyl (C=O) groups is 1. The maximum Gasteiger partial charge on any atom is 0.251 e. The topological polar surface area (TPSA) is 77.2 Å². The minimum Gasteiger partial charge on any atom is -0.494 e. The summed E-state index contributed by atoms with van der Waals surface area (Å²) in [6.07, 6.45) is 6.19. The number of ether oxygens (including phenoxy) is 1. The molecule has 0 radical (unpaired) electrons. The summed E-state index contributed by atoms with van der Waals surface area (Å²) < 4.78 is 23.6. The molecule has 2 heterocycles. The summed E-state index contributed by atoms with van der Waals surface area (Å²) >= 11 is 0. The zero-order valence-electron chi connectivity index (χ0n) is 12.8. The number of aromatic nitrogens is 2. The van der Waals surface area contributed by atoms with Crippen molar-refractivity contribution in [1.29, 1.82) is 0 Å². The number of carbonyl (C=O) groups excluding carboxylic acids is 1. The molecule has 0 unspecified atom stereocenters. The Labute approximate surface area is 137 Å². The van der Waals surface area contributed by atoms with Gasteiger partial charge in [-0.15, -0.1) is 0 Å². The van der Waals surface area contributed by atoms with Gasteiger partial charge < -0.3 is 14.5 Å². The molecular weight excluding hydrogens is 313 g/mol. The van der Waals surface area contributed by atoms with Crippen LogP contribution in [0.3, 0.4) is 0 Å². The van der Waals surface area contributed by atoms with Crippen LogP contribution in [-0.4, -0.2) is 23.0 Å². The highest BCUT2D eigenvalue weighted by atomic mass is 19.1. The predicted molar refractivity (Wildman–Crippen MR) is 83.9 cm³/mol. The van der Waals surface area contributed by atoms with Gasteiger partial charge in [-0.25, -0.2) is 4.39 Å². The van der Waals surface area contributed by atoms with E-state index >= 15 is 0 Å². The van der Waals surface area contributed by atoms with E-state index < -0.39 is 11.7 Å². The maximum atomic E-state index is 13.7. The maximum absolute atomic E-state index is 13.7. The minimum absolute atomic E-state index is 0.0859. The quantitative estimate of drug-likeness (QED) is 0.780. The summed E-state index contributed by atoms with van der Waals surface area (Å²) in [7, 11) is 1.36. The lowest BCUT2D eigenvalue weighted by atomic mass is 10.1. The molecule has 2 aromatic heterocycles. The van der Waals surface area contributed by atoms with E-state index in [2.05, 4.69) is 15.3 Å². The van der Waals surface area contributed by atoms with Gasteiger partial charge in [-0.2, -0.15) is 0 Å². The average Bonchev–Trinajstić information content (AvgIpc) is 3.14. The van der Waals surface area contributed by atoms with E-state index in [9.17, 15) is 9.18 Å². The van der Waals surface area contributed by atoms with Gasteiger partial charge in [-0.3, -0.25) is 14.8 Å². The van der Waals surface area contributed by atoms with Crippen LogP contribution in [0.4, 0.5) is 4.39 Å². The van der Waals surface area contributed by atoms with Crippen LogP contribution in [0.5, 0.6) is 5.75 Å². The van der Waals surface area contributed by atoms with Crippen LogP contribution in [0.1, 0.15) is 16.1 Å². The monoisotopic (exact) mass is 327 g/mol. The third-order valence-electron chi connectivity index (χ3n) is 3.40. The van der Waals surface area contributed by atoms with Crippen molar-refractivity contribution in [2.24, 2.45) is 0 Å². The molecule has 0 aliphatic carbocycles. The van der Waals surface area contributed by atoms with Crippen molar-refractivity contribution in [3.63, 3.8) is 0 Å². The van der Waals surface area contributed by atoms with Crippen molar-refractivity contribution in [3.05, 3.63) is 66.3 Å². The summed E-state index contributed by atoms with van der Waals surface area (Å²) in [6, 6.07) is 5.78. The van der Waals surface area contributed by atoms with Crippen molar-refractivity contribution >= 4 is 5.91 Å². The van der Waals surface area contributed by atoms with Gasteiger partial charge in [0.15, 0.2) is 11.6 Å². The first-order chi connectivity index (χ1) is 11.7. The molecule has 1 amide bonds. The lowest BCUT2D eigenvalue weighted by Crippen LogP contribution is -2.24. The Morgan fingerprint density at radius 2 is 2.12 bits per heavy atom.